The molecular weight excluding hydrogens is 328 g/mol. The van der Waals surface area contributed by atoms with Crippen LogP contribution in [0.1, 0.15) is 12.5 Å². The highest BCUT2D eigenvalue weighted by Gasteiger charge is 2.28. The third-order valence-electron chi connectivity index (χ3n) is 4.05. The van der Waals surface area contributed by atoms with Gasteiger partial charge in [0.2, 0.25) is 5.91 Å². The summed E-state index contributed by atoms with van der Waals surface area (Å²) >= 11 is 0. The van der Waals surface area contributed by atoms with E-state index in [2.05, 4.69) is 10.6 Å². The molecule has 3 rings (SSSR count). The van der Waals surface area contributed by atoms with E-state index in [0.29, 0.717) is 6.54 Å². The first-order chi connectivity index (χ1) is 12.0. The molecule has 0 bridgehead atoms. The molecule has 1 aliphatic heterocycles. The second-order valence-electron chi connectivity index (χ2n) is 5.81. The lowest BCUT2D eigenvalue weighted by Crippen LogP contribution is -2.47. The molecule has 7 heteroatoms. The third kappa shape index (κ3) is 3.60. The molecule has 0 spiro atoms. The molecule has 1 heterocycles. The minimum absolute atomic E-state index is 0.264. The number of hydrogen-bond donors (Lipinski definition) is 2. The number of nitrogens with one attached hydrogen (secondary N) is 2. The van der Waals surface area contributed by atoms with Gasteiger partial charge in [-0.25, -0.2) is 13.6 Å². The van der Waals surface area contributed by atoms with E-state index in [0.717, 1.165) is 35.9 Å². The summed E-state index contributed by atoms with van der Waals surface area (Å²) in [7, 11) is 0. The van der Waals surface area contributed by atoms with E-state index in [9.17, 15) is 18.4 Å². The standard InChI is InChI=1S/C18H17F2N3O2/c1-11(17(24)23-9-8-12-4-2-3-5-16(12)23)21-18(25)22-15-10-13(19)6-7-14(15)20/h2-7,10-11H,8-9H2,1H3,(H2,21,22,25)/t11-/m0/s1. The summed E-state index contributed by atoms with van der Waals surface area (Å²) in [4.78, 5) is 26.1. The smallest absolute Gasteiger partial charge is 0.319 e. The van der Waals surface area contributed by atoms with Crippen molar-refractivity contribution in [2.45, 2.75) is 19.4 Å². The van der Waals surface area contributed by atoms with E-state index in [4.69, 9.17) is 0 Å². The van der Waals surface area contributed by atoms with Gasteiger partial charge in [0.1, 0.15) is 17.7 Å². The molecule has 3 amide bonds. The molecule has 1 aliphatic rings. The van der Waals surface area contributed by atoms with Gasteiger partial charge in [-0.2, -0.15) is 0 Å². The first kappa shape index (κ1) is 16.9. The van der Waals surface area contributed by atoms with Crippen molar-refractivity contribution in [1.29, 1.82) is 0 Å². The van der Waals surface area contributed by atoms with Crippen molar-refractivity contribution >= 4 is 23.3 Å². The number of carbonyl (C=O) groups excluding carboxylic acids is 2. The zero-order valence-electron chi connectivity index (χ0n) is 13.6. The minimum atomic E-state index is -0.817. The zero-order chi connectivity index (χ0) is 18.0. The highest BCUT2D eigenvalue weighted by molar-refractivity contribution is 6.01. The van der Waals surface area contributed by atoms with Gasteiger partial charge in [-0.15, -0.1) is 0 Å². The Hall–Kier alpha value is -2.96. The lowest BCUT2D eigenvalue weighted by molar-refractivity contribution is -0.119. The molecular formula is C18H17F2N3O2. The fraction of sp³-hybridized carbons (Fsp3) is 0.222. The predicted octanol–water partition coefficient (Wildman–Crippen LogP) is 3.06. The number of anilines is 2. The summed E-state index contributed by atoms with van der Waals surface area (Å²) in [5.74, 6) is -1.70. The van der Waals surface area contributed by atoms with Gasteiger partial charge in [0.05, 0.1) is 5.69 Å². The molecule has 130 valence electrons. The van der Waals surface area contributed by atoms with E-state index in [1.54, 1.807) is 11.8 Å². The Morgan fingerprint density at radius 1 is 1.16 bits per heavy atom. The molecule has 0 radical (unpaired) electrons. The van der Waals surface area contributed by atoms with Crippen LogP contribution in [0.15, 0.2) is 42.5 Å². The second kappa shape index (κ2) is 6.88. The Morgan fingerprint density at radius 2 is 1.92 bits per heavy atom. The maximum Gasteiger partial charge on any atom is 0.319 e. The second-order valence-corrected chi connectivity index (χ2v) is 5.81. The average Bonchev–Trinajstić information content (AvgIpc) is 3.01. The van der Waals surface area contributed by atoms with Gasteiger partial charge in [0.25, 0.3) is 0 Å². The van der Waals surface area contributed by atoms with Crippen molar-refractivity contribution < 1.29 is 18.4 Å². The first-order valence-corrected chi connectivity index (χ1v) is 7.87. The third-order valence-corrected chi connectivity index (χ3v) is 4.05. The molecule has 25 heavy (non-hydrogen) atoms. The first-order valence-electron chi connectivity index (χ1n) is 7.87. The lowest BCUT2D eigenvalue weighted by atomic mass is 10.2. The number of halogens is 2. The molecule has 0 saturated heterocycles. The van der Waals surface area contributed by atoms with Crippen LogP contribution in [0.3, 0.4) is 0 Å². The van der Waals surface area contributed by atoms with E-state index in [-0.39, 0.29) is 11.6 Å². The van der Waals surface area contributed by atoms with Gasteiger partial charge in [-0.3, -0.25) is 4.79 Å². The Balaban J connectivity index is 1.64. The number of fused-ring (bicyclic) bond motifs is 1. The summed E-state index contributed by atoms with van der Waals surface area (Å²) in [5.41, 5.74) is 1.62. The van der Waals surface area contributed by atoms with Crippen LogP contribution in [-0.4, -0.2) is 24.5 Å². The van der Waals surface area contributed by atoms with Crippen LogP contribution in [0.2, 0.25) is 0 Å². The predicted molar refractivity (Wildman–Crippen MR) is 90.5 cm³/mol. The number of benzene rings is 2. The van der Waals surface area contributed by atoms with Crippen molar-refractivity contribution in [3.63, 3.8) is 0 Å². The Labute approximate surface area is 143 Å². The number of carbonyl (C=O) groups is 2. The highest BCUT2D eigenvalue weighted by Crippen LogP contribution is 2.27. The Bertz CT molecular complexity index is 826. The van der Waals surface area contributed by atoms with Gasteiger partial charge in [-0.1, -0.05) is 18.2 Å². The fourth-order valence-corrected chi connectivity index (χ4v) is 2.81. The number of nitrogens with zero attached hydrogens (tertiary/aromatic N) is 1. The van der Waals surface area contributed by atoms with Crippen molar-refractivity contribution in [2.24, 2.45) is 0 Å². The molecule has 1 atom stereocenters. The minimum Gasteiger partial charge on any atom is -0.326 e. The Morgan fingerprint density at radius 3 is 2.72 bits per heavy atom. The summed E-state index contributed by atoms with van der Waals surface area (Å²) in [6.45, 7) is 2.09. The number of hydrogen-bond acceptors (Lipinski definition) is 2. The summed E-state index contributed by atoms with van der Waals surface area (Å²) in [6.07, 6.45) is 0.759. The topological polar surface area (TPSA) is 61.4 Å². The summed E-state index contributed by atoms with van der Waals surface area (Å²) in [6, 6.07) is 8.72. The lowest BCUT2D eigenvalue weighted by Gasteiger charge is -2.22. The number of para-hydroxylation sites is 1. The largest absolute Gasteiger partial charge is 0.326 e. The molecule has 5 nitrogen and oxygen atoms in total. The summed E-state index contributed by atoms with van der Waals surface area (Å²) in [5, 5.41) is 4.66. The van der Waals surface area contributed by atoms with E-state index in [1.165, 1.54) is 0 Å². The molecule has 0 saturated carbocycles. The monoisotopic (exact) mass is 345 g/mol. The van der Waals surface area contributed by atoms with Crippen LogP contribution in [-0.2, 0) is 11.2 Å². The van der Waals surface area contributed by atoms with Crippen molar-refractivity contribution in [3.8, 4) is 0 Å². The van der Waals surface area contributed by atoms with Gasteiger partial charge in [-0.05, 0) is 37.1 Å². The van der Waals surface area contributed by atoms with Gasteiger partial charge in [0.15, 0.2) is 0 Å². The number of rotatable bonds is 3. The molecule has 0 aromatic heterocycles. The van der Waals surface area contributed by atoms with E-state index < -0.39 is 23.7 Å². The highest BCUT2D eigenvalue weighted by atomic mass is 19.1. The van der Waals surface area contributed by atoms with Crippen LogP contribution >= 0.6 is 0 Å². The average molecular weight is 345 g/mol. The fourth-order valence-electron chi connectivity index (χ4n) is 2.81. The Kier molecular flexibility index (Phi) is 4.65. The number of urea groups is 1. The molecule has 0 unspecified atom stereocenters. The summed E-state index contributed by atoms with van der Waals surface area (Å²) < 4.78 is 26.7. The van der Waals surface area contributed by atoms with Crippen molar-refractivity contribution in [2.75, 3.05) is 16.8 Å². The quantitative estimate of drug-likeness (QED) is 0.898. The maximum absolute atomic E-state index is 13.6. The van der Waals surface area contributed by atoms with Crippen LogP contribution in [0, 0.1) is 11.6 Å². The normalized spacial score (nSPS) is 14.0. The van der Waals surface area contributed by atoms with Gasteiger partial charge >= 0.3 is 6.03 Å². The number of amides is 3. The van der Waals surface area contributed by atoms with Gasteiger partial charge in [0, 0.05) is 18.3 Å². The van der Waals surface area contributed by atoms with Crippen LogP contribution < -0.4 is 15.5 Å². The van der Waals surface area contributed by atoms with E-state index in [1.807, 2.05) is 24.3 Å². The van der Waals surface area contributed by atoms with Crippen LogP contribution in [0.5, 0.6) is 0 Å². The molecule has 0 fully saturated rings. The molecule has 2 aromatic carbocycles. The van der Waals surface area contributed by atoms with Crippen LogP contribution in [0.25, 0.3) is 0 Å². The molecule has 0 aliphatic carbocycles. The van der Waals surface area contributed by atoms with E-state index >= 15 is 0 Å². The SMILES string of the molecule is C[C@H](NC(=O)Nc1cc(F)ccc1F)C(=O)N1CCc2ccccc21. The molecule has 2 aromatic rings. The maximum atomic E-state index is 13.6. The van der Waals surface area contributed by atoms with Gasteiger partial charge < -0.3 is 15.5 Å². The van der Waals surface area contributed by atoms with Crippen molar-refractivity contribution in [3.05, 3.63) is 59.7 Å². The van der Waals surface area contributed by atoms with Crippen molar-refractivity contribution in [1.82, 2.24) is 5.32 Å². The van der Waals surface area contributed by atoms with Crippen LogP contribution in [0.4, 0.5) is 25.0 Å². The molecule has 2 N–H and O–H groups in total. The zero-order valence-corrected chi connectivity index (χ0v) is 13.6.